The standard InChI is InChI=1S/C29H49N3O5/c1-10-12-13-17-30-26(34)24(22-16-14-15-20(5)25(22)33)32(21(6)11-2)27(35)23(18-19(3)4)31-28(36)37-29(7,8)9/h14-16,19,21,23-24,33H,10-13,17-18H2,1-9H3,(H,30,34)(H,31,36). The first-order valence-electron chi connectivity index (χ1n) is 13.6. The molecule has 1 aromatic carbocycles. The highest BCUT2D eigenvalue weighted by molar-refractivity contribution is 5.92. The molecular formula is C29H49N3O5. The predicted octanol–water partition coefficient (Wildman–Crippen LogP) is 5.61. The maximum absolute atomic E-state index is 14.2. The Morgan fingerprint density at radius 1 is 1.08 bits per heavy atom. The average Bonchev–Trinajstić information content (AvgIpc) is 2.79. The first-order valence-corrected chi connectivity index (χ1v) is 13.6. The quantitative estimate of drug-likeness (QED) is 0.293. The number of rotatable bonds is 13. The molecule has 8 nitrogen and oxygen atoms in total. The van der Waals surface area contributed by atoms with Crippen LogP contribution in [0, 0.1) is 12.8 Å². The number of phenolic OH excluding ortho intramolecular Hbond substituents is 1. The van der Waals surface area contributed by atoms with Crippen molar-refractivity contribution in [1.82, 2.24) is 15.5 Å². The minimum Gasteiger partial charge on any atom is -0.507 e. The van der Waals surface area contributed by atoms with Crippen LogP contribution in [0.1, 0.15) is 105 Å². The van der Waals surface area contributed by atoms with Crippen molar-refractivity contribution in [1.29, 1.82) is 0 Å². The van der Waals surface area contributed by atoms with E-state index < -0.39 is 23.8 Å². The van der Waals surface area contributed by atoms with Crippen LogP contribution < -0.4 is 10.6 Å². The molecule has 3 atom stereocenters. The summed E-state index contributed by atoms with van der Waals surface area (Å²) in [5, 5.41) is 16.7. The molecule has 0 saturated carbocycles. The number of nitrogens with one attached hydrogen (secondary N) is 2. The van der Waals surface area contributed by atoms with Crippen LogP contribution in [0.3, 0.4) is 0 Å². The molecule has 0 radical (unpaired) electrons. The summed E-state index contributed by atoms with van der Waals surface area (Å²) < 4.78 is 5.43. The fraction of sp³-hybridized carbons (Fsp3) is 0.690. The number of para-hydroxylation sites is 1. The van der Waals surface area contributed by atoms with E-state index in [1.54, 1.807) is 45.9 Å². The summed E-state index contributed by atoms with van der Waals surface area (Å²) in [6.45, 7) is 17.4. The second-order valence-electron chi connectivity index (χ2n) is 11.2. The summed E-state index contributed by atoms with van der Waals surface area (Å²) in [4.78, 5) is 42.0. The van der Waals surface area contributed by atoms with Crippen molar-refractivity contribution >= 4 is 17.9 Å². The third kappa shape index (κ3) is 10.3. The van der Waals surface area contributed by atoms with Crippen LogP contribution in [0.15, 0.2) is 18.2 Å². The Bertz CT molecular complexity index is 894. The smallest absolute Gasteiger partial charge is 0.408 e. The van der Waals surface area contributed by atoms with Crippen LogP contribution in [0.4, 0.5) is 4.79 Å². The van der Waals surface area contributed by atoms with Crippen LogP contribution in [0.25, 0.3) is 0 Å². The van der Waals surface area contributed by atoms with Gasteiger partial charge in [-0.05, 0) is 65.4 Å². The molecule has 3 N–H and O–H groups in total. The van der Waals surface area contributed by atoms with Gasteiger partial charge >= 0.3 is 6.09 Å². The fourth-order valence-electron chi connectivity index (χ4n) is 4.12. The molecule has 210 valence electrons. The van der Waals surface area contributed by atoms with Gasteiger partial charge in [0.25, 0.3) is 0 Å². The zero-order valence-electron chi connectivity index (χ0n) is 24.3. The van der Waals surface area contributed by atoms with E-state index in [-0.39, 0.29) is 29.5 Å². The molecule has 8 heteroatoms. The predicted molar refractivity (Wildman–Crippen MR) is 147 cm³/mol. The largest absolute Gasteiger partial charge is 0.507 e. The summed E-state index contributed by atoms with van der Waals surface area (Å²) in [5.74, 6) is -0.663. The molecule has 0 heterocycles. The van der Waals surface area contributed by atoms with Crippen LogP contribution in [0.2, 0.25) is 0 Å². The molecule has 0 aromatic heterocycles. The van der Waals surface area contributed by atoms with E-state index in [2.05, 4.69) is 17.6 Å². The van der Waals surface area contributed by atoms with E-state index in [1.807, 2.05) is 27.7 Å². The highest BCUT2D eigenvalue weighted by Gasteiger charge is 2.39. The SMILES string of the molecule is CCCCCNC(=O)C(c1cccc(C)c1O)N(C(=O)C(CC(C)C)NC(=O)OC(C)(C)C)C(C)CC. The number of alkyl carbamates (subject to hydrolysis) is 1. The van der Waals surface area contributed by atoms with E-state index in [4.69, 9.17) is 4.74 Å². The number of hydrogen-bond acceptors (Lipinski definition) is 5. The van der Waals surface area contributed by atoms with Crippen molar-refractivity contribution in [3.8, 4) is 5.75 Å². The maximum atomic E-state index is 14.2. The molecule has 0 aliphatic heterocycles. The molecule has 0 fully saturated rings. The van der Waals surface area contributed by atoms with Crippen LogP contribution >= 0.6 is 0 Å². The molecule has 0 saturated heterocycles. The van der Waals surface area contributed by atoms with E-state index in [9.17, 15) is 19.5 Å². The molecule has 0 spiro atoms. The third-order valence-corrected chi connectivity index (χ3v) is 6.19. The van der Waals surface area contributed by atoms with Crippen molar-refractivity contribution in [3.63, 3.8) is 0 Å². The van der Waals surface area contributed by atoms with Gasteiger partial charge < -0.3 is 25.4 Å². The van der Waals surface area contributed by atoms with Crippen molar-refractivity contribution in [2.45, 2.75) is 118 Å². The maximum Gasteiger partial charge on any atom is 0.408 e. The topological polar surface area (TPSA) is 108 Å². The number of benzene rings is 1. The Labute approximate surface area is 223 Å². The van der Waals surface area contributed by atoms with Gasteiger partial charge in [-0.3, -0.25) is 9.59 Å². The second kappa shape index (κ2) is 14.8. The van der Waals surface area contributed by atoms with Crippen molar-refractivity contribution in [2.24, 2.45) is 5.92 Å². The van der Waals surface area contributed by atoms with E-state index in [1.165, 1.54) is 4.90 Å². The summed E-state index contributed by atoms with van der Waals surface area (Å²) in [6, 6.07) is 2.92. The van der Waals surface area contributed by atoms with Gasteiger partial charge in [0.1, 0.15) is 23.4 Å². The number of carbonyl (C=O) groups excluding carboxylic acids is 3. The van der Waals surface area contributed by atoms with Gasteiger partial charge in [0.2, 0.25) is 11.8 Å². The van der Waals surface area contributed by atoms with Crippen LogP contribution in [0.5, 0.6) is 5.75 Å². The normalized spacial score (nSPS) is 14.0. The molecule has 3 unspecified atom stereocenters. The Kier molecular flexibility index (Phi) is 12.9. The second-order valence-corrected chi connectivity index (χ2v) is 11.2. The molecule has 0 aliphatic carbocycles. The van der Waals surface area contributed by atoms with Gasteiger partial charge in [-0.25, -0.2) is 4.79 Å². The first kappa shape index (κ1) is 32.3. The van der Waals surface area contributed by atoms with Gasteiger partial charge in [-0.15, -0.1) is 0 Å². The van der Waals surface area contributed by atoms with Crippen molar-refractivity contribution < 1.29 is 24.2 Å². The highest BCUT2D eigenvalue weighted by atomic mass is 16.6. The Morgan fingerprint density at radius 2 is 1.73 bits per heavy atom. The Morgan fingerprint density at radius 3 is 2.27 bits per heavy atom. The van der Waals surface area contributed by atoms with Gasteiger partial charge in [0, 0.05) is 18.2 Å². The molecule has 3 amide bonds. The number of ether oxygens (including phenoxy) is 1. The Hall–Kier alpha value is -2.77. The summed E-state index contributed by atoms with van der Waals surface area (Å²) in [7, 11) is 0. The summed E-state index contributed by atoms with van der Waals surface area (Å²) in [6.07, 6.45) is 3.08. The minimum atomic E-state index is -1.06. The van der Waals surface area contributed by atoms with Gasteiger partial charge in [-0.1, -0.05) is 58.7 Å². The number of carbonyl (C=O) groups is 3. The van der Waals surface area contributed by atoms with Gasteiger partial charge in [0.05, 0.1) is 0 Å². The van der Waals surface area contributed by atoms with E-state index in [0.717, 1.165) is 19.3 Å². The molecular weight excluding hydrogens is 470 g/mol. The Balaban J connectivity index is 3.54. The zero-order chi connectivity index (χ0) is 28.3. The summed E-state index contributed by atoms with van der Waals surface area (Å²) in [5.41, 5.74) is 0.255. The molecule has 1 rings (SSSR count). The molecule has 0 aliphatic rings. The lowest BCUT2D eigenvalue weighted by molar-refractivity contribution is -0.145. The molecule has 37 heavy (non-hydrogen) atoms. The number of phenols is 1. The number of unbranched alkanes of at least 4 members (excludes halogenated alkanes) is 2. The number of amides is 3. The third-order valence-electron chi connectivity index (χ3n) is 6.19. The first-order chi connectivity index (χ1) is 17.2. The number of aromatic hydroxyl groups is 1. The summed E-state index contributed by atoms with van der Waals surface area (Å²) >= 11 is 0. The highest BCUT2D eigenvalue weighted by Crippen LogP contribution is 2.34. The van der Waals surface area contributed by atoms with Gasteiger partial charge in [0.15, 0.2) is 0 Å². The monoisotopic (exact) mass is 519 g/mol. The van der Waals surface area contributed by atoms with E-state index >= 15 is 0 Å². The van der Waals surface area contributed by atoms with Gasteiger partial charge in [-0.2, -0.15) is 0 Å². The number of hydrogen-bond donors (Lipinski definition) is 3. The van der Waals surface area contributed by atoms with Crippen molar-refractivity contribution in [2.75, 3.05) is 6.54 Å². The van der Waals surface area contributed by atoms with E-state index in [0.29, 0.717) is 30.5 Å². The molecule has 0 bridgehead atoms. The lowest BCUT2D eigenvalue weighted by Gasteiger charge is -2.38. The van der Waals surface area contributed by atoms with Crippen LogP contribution in [-0.2, 0) is 14.3 Å². The minimum absolute atomic E-state index is 0.0159. The lowest BCUT2D eigenvalue weighted by Crippen LogP contribution is -2.55. The molecule has 1 aromatic rings. The average molecular weight is 520 g/mol. The van der Waals surface area contributed by atoms with Crippen LogP contribution in [-0.4, -0.2) is 52.1 Å². The number of aryl methyl sites for hydroxylation is 1. The zero-order valence-corrected chi connectivity index (χ0v) is 24.3. The lowest BCUT2D eigenvalue weighted by atomic mass is 9.95. The fourth-order valence-corrected chi connectivity index (χ4v) is 4.12. The van der Waals surface area contributed by atoms with Crippen molar-refractivity contribution in [3.05, 3.63) is 29.3 Å². The number of nitrogens with zero attached hydrogens (tertiary/aromatic N) is 1.